The predicted octanol–water partition coefficient (Wildman–Crippen LogP) is 4.70. The third-order valence-electron chi connectivity index (χ3n) is 3.44. The summed E-state index contributed by atoms with van der Waals surface area (Å²) in [6.07, 6.45) is 7.12. The minimum atomic E-state index is -0.826. The van der Waals surface area contributed by atoms with Gasteiger partial charge in [-0.1, -0.05) is 34.6 Å². The van der Waals surface area contributed by atoms with E-state index in [-0.39, 0.29) is 18.4 Å². The van der Waals surface area contributed by atoms with Gasteiger partial charge < -0.3 is 18.1 Å². The van der Waals surface area contributed by atoms with Crippen molar-refractivity contribution >= 4 is 17.0 Å². The van der Waals surface area contributed by atoms with Crippen LogP contribution in [0.25, 0.3) is 0 Å². The van der Waals surface area contributed by atoms with Crippen molar-refractivity contribution in [1.29, 1.82) is 0 Å². The summed E-state index contributed by atoms with van der Waals surface area (Å²) in [5, 5.41) is 7.11. The van der Waals surface area contributed by atoms with Gasteiger partial charge in [-0.25, -0.2) is 0 Å². The molecule has 0 fully saturated rings. The normalized spacial score (nSPS) is 16.8. The van der Waals surface area contributed by atoms with Gasteiger partial charge in [0, 0.05) is 0 Å². The first-order valence-corrected chi connectivity index (χ1v) is 12.9. The van der Waals surface area contributed by atoms with Crippen molar-refractivity contribution in [2.75, 3.05) is 7.05 Å². The van der Waals surface area contributed by atoms with E-state index in [0.717, 1.165) is 12.8 Å². The van der Waals surface area contributed by atoms with E-state index in [2.05, 4.69) is 57.4 Å². The summed E-state index contributed by atoms with van der Waals surface area (Å²) >= 11 is -0.826. The zero-order valence-corrected chi connectivity index (χ0v) is 17.9. The molecule has 0 saturated carbocycles. The molecule has 0 saturated heterocycles. The first kappa shape index (κ1) is 23.4. The van der Waals surface area contributed by atoms with Crippen LogP contribution >= 0.6 is 17.0 Å². The zero-order chi connectivity index (χ0) is 15.1. The third kappa shape index (κ3) is 8.54. The predicted molar refractivity (Wildman–Crippen MR) is 89.3 cm³/mol. The Hall–Kier alpha value is 1.12. The second-order valence-corrected chi connectivity index (χ2v) is 10.1. The maximum atomic E-state index is 4.93. The molecule has 0 aromatic heterocycles. The van der Waals surface area contributed by atoms with E-state index in [4.69, 9.17) is 17.0 Å². The van der Waals surface area contributed by atoms with Crippen molar-refractivity contribution in [3.8, 4) is 0 Å². The van der Waals surface area contributed by atoms with Gasteiger partial charge in [-0.15, -0.1) is 17.7 Å². The van der Waals surface area contributed by atoms with E-state index in [1.807, 2.05) is 7.05 Å². The van der Waals surface area contributed by atoms with Crippen LogP contribution in [0.15, 0.2) is 12.2 Å². The van der Waals surface area contributed by atoms with Crippen molar-refractivity contribution in [2.45, 2.75) is 59.2 Å². The van der Waals surface area contributed by atoms with Gasteiger partial charge in [0.1, 0.15) is 0 Å². The van der Waals surface area contributed by atoms with Crippen LogP contribution in [0.4, 0.5) is 0 Å². The molecule has 5 heteroatoms. The molecule has 118 valence electrons. The molecule has 1 aliphatic rings. The van der Waals surface area contributed by atoms with Crippen molar-refractivity contribution in [2.24, 2.45) is 5.41 Å². The van der Waals surface area contributed by atoms with Gasteiger partial charge in [-0.05, 0) is 12.5 Å². The molecule has 0 aromatic rings. The molecule has 0 aromatic carbocycles. The van der Waals surface area contributed by atoms with Crippen LogP contribution in [0.1, 0.15) is 47.5 Å². The van der Waals surface area contributed by atoms with Crippen LogP contribution in [0.2, 0.25) is 0 Å². The molecule has 1 unspecified atom stereocenters. The average molecular weight is 401 g/mol. The number of hydrogen-bond donors (Lipinski definition) is 2. The van der Waals surface area contributed by atoms with Gasteiger partial charge >= 0.3 is 37.9 Å². The number of rotatable bonds is 4. The van der Waals surface area contributed by atoms with Crippen LogP contribution in [-0.4, -0.2) is 18.8 Å². The van der Waals surface area contributed by atoms with E-state index < -0.39 is 20.8 Å². The Kier molecular flexibility index (Phi) is 12.6. The summed E-state index contributed by atoms with van der Waals surface area (Å²) in [5.74, 6) is 1.58. The summed E-state index contributed by atoms with van der Waals surface area (Å²) in [6.45, 7) is 11.3. The molecule has 0 spiro atoms. The second-order valence-electron chi connectivity index (χ2n) is 6.41. The van der Waals surface area contributed by atoms with E-state index in [1.165, 1.54) is 0 Å². The minimum absolute atomic E-state index is 0. The topological polar surface area (TPSA) is 24.1 Å². The molecular formula is C15H30Cl2N2Zr. The Morgan fingerprint density at radius 2 is 1.50 bits per heavy atom. The van der Waals surface area contributed by atoms with Crippen molar-refractivity contribution < 1.29 is 20.8 Å². The zero-order valence-electron chi connectivity index (χ0n) is 13.9. The Balaban J connectivity index is 0. The Morgan fingerprint density at radius 3 is 1.80 bits per heavy atom. The molecule has 0 bridgehead atoms. The van der Waals surface area contributed by atoms with Gasteiger partial charge in [0.15, 0.2) is 0 Å². The molecule has 1 atom stereocenters. The molecular weight excluding hydrogens is 370 g/mol. The van der Waals surface area contributed by atoms with E-state index >= 15 is 0 Å². The van der Waals surface area contributed by atoms with Crippen LogP contribution in [0.3, 0.4) is 0 Å². The van der Waals surface area contributed by atoms with Gasteiger partial charge in [-0.3, -0.25) is 5.92 Å². The number of nitrogens with one attached hydrogen (secondary N) is 2. The molecule has 1 aliphatic carbocycles. The Bertz CT molecular complexity index is 268. The fourth-order valence-corrected chi connectivity index (χ4v) is 2.23. The van der Waals surface area contributed by atoms with Crippen LogP contribution < -0.4 is 10.6 Å². The number of allylic oxidation sites excluding steroid dienone is 2. The number of halogens is 2. The first-order valence-electron chi connectivity index (χ1n) is 6.60. The molecule has 0 aliphatic heterocycles. The van der Waals surface area contributed by atoms with Gasteiger partial charge in [0.2, 0.25) is 0 Å². The molecule has 0 amide bonds. The van der Waals surface area contributed by atoms with Crippen LogP contribution in [0.5, 0.6) is 0 Å². The van der Waals surface area contributed by atoms with Gasteiger partial charge in [0.25, 0.3) is 0 Å². The summed E-state index contributed by atoms with van der Waals surface area (Å²) in [6, 6.07) is 0. The maximum absolute atomic E-state index is 4.93. The SMILES string of the molecule is CNC(NC(C)(C)[C-]1CC=CC1)C(C)(C)C.[CH3-].[Cl][Zr+2][Cl]. The van der Waals surface area contributed by atoms with Crippen molar-refractivity contribution in [3.05, 3.63) is 25.5 Å². The quantitative estimate of drug-likeness (QED) is 0.406. The van der Waals surface area contributed by atoms with E-state index in [0.29, 0.717) is 6.17 Å². The fourth-order valence-electron chi connectivity index (χ4n) is 2.23. The monoisotopic (exact) mass is 398 g/mol. The third-order valence-corrected chi connectivity index (χ3v) is 3.44. The molecule has 0 heterocycles. The van der Waals surface area contributed by atoms with E-state index in [1.54, 1.807) is 5.92 Å². The summed E-state index contributed by atoms with van der Waals surface area (Å²) in [5.41, 5.74) is 0.322. The fraction of sp³-hybridized carbons (Fsp3) is 0.733. The Morgan fingerprint density at radius 1 is 1.10 bits per heavy atom. The molecule has 1 rings (SSSR count). The Labute approximate surface area is 145 Å². The standard InChI is InChI=1S/C14H27N2.CH3.2ClH.Zr/c1-13(2,3)12(15-6)16-14(4,5)11-9-7-8-10-11;;;;/h7-8,12,15-16H,9-10H2,1-6H3;1H3;2*1H;/q2*-1;;;+4/p-2. The summed E-state index contributed by atoms with van der Waals surface area (Å²) in [4.78, 5) is 0. The molecule has 0 radical (unpaired) electrons. The summed E-state index contributed by atoms with van der Waals surface area (Å²) in [7, 11) is 11.9. The average Bonchev–Trinajstić information content (AvgIpc) is 2.79. The van der Waals surface area contributed by atoms with Gasteiger partial charge in [-0.2, -0.15) is 12.8 Å². The molecule has 2 N–H and O–H groups in total. The van der Waals surface area contributed by atoms with Crippen molar-refractivity contribution in [1.82, 2.24) is 10.6 Å². The van der Waals surface area contributed by atoms with Crippen molar-refractivity contribution in [3.63, 3.8) is 0 Å². The van der Waals surface area contributed by atoms with Crippen LogP contribution in [-0.2, 0) is 20.8 Å². The molecule has 2 nitrogen and oxygen atoms in total. The van der Waals surface area contributed by atoms with Crippen LogP contribution in [0, 0.1) is 18.8 Å². The van der Waals surface area contributed by atoms with E-state index in [9.17, 15) is 0 Å². The first-order chi connectivity index (χ1) is 8.69. The van der Waals surface area contributed by atoms with Gasteiger partial charge in [0.05, 0.1) is 6.17 Å². The second kappa shape index (κ2) is 10.8. The molecule has 20 heavy (non-hydrogen) atoms. The number of hydrogen-bond acceptors (Lipinski definition) is 2. The summed E-state index contributed by atoms with van der Waals surface area (Å²) < 4.78 is 0.